The van der Waals surface area contributed by atoms with E-state index in [1.807, 2.05) is 0 Å². The van der Waals surface area contributed by atoms with Crippen LogP contribution in [-0.4, -0.2) is 54.3 Å². The van der Waals surface area contributed by atoms with E-state index in [1.165, 1.54) is 12.8 Å². The number of hydrogen-bond donors (Lipinski definition) is 2. The van der Waals surface area contributed by atoms with Crippen LogP contribution in [0.2, 0.25) is 0 Å². The molecule has 5 heteroatoms. The van der Waals surface area contributed by atoms with Gasteiger partial charge in [0.25, 0.3) is 5.92 Å². The molecule has 2 fully saturated rings. The maximum absolute atomic E-state index is 12.9. The summed E-state index contributed by atoms with van der Waals surface area (Å²) in [6.07, 6.45) is 4.50. The first kappa shape index (κ1) is 12.2. The molecule has 2 aliphatic heterocycles. The van der Waals surface area contributed by atoms with Crippen molar-refractivity contribution in [1.82, 2.24) is 10.2 Å². The second kappa shape index (κ2) is 4.94. The number of nitrogens with one attached hydrogen (secondary N) is 1. The van der Waals surface area contributed by atoms with Crippen molar-refractivity contribution in [2.24, 2.45) is 0 Å². The summed E-state index contributed by atoms with van der Waals surface area (Å²) in [5.74, 6) is -2.98. The van der Waals surface area contributed by atoms with E-state index in [4.69, 9.17) is 5.11 Å². The summed E-state index contributed by atoms with van der Waals surface area (Å²) in [4.78, 5) is 2.40. The zero-order valence-corrected chi connectivity index (χ0v) is 9.46. The zero-order chi connectivity index (χ0) is 11.6. The van der Waals surface area contributed by atoms with Gasteiger partial charge in [-0.1, -0.05) is 6.42 Å². The molecular formula is C11H20F2N2O. The predicted molar refractivity (Wildman–Crippen MR) is 57.7 cm³/mol. The Kier molecular flexibility index (Phi) is 3.77. The Morgan fingerprint density at radius 2 is 2.06 bits per heavy atom. The maximum atomic E-state index is 12.9. The summed E-state index contributed by atoms with van der Waals surface area (Å²) in [6, 6.07) is 0.612. The summed E-state index contributed by atoms with van der Waals surface area (Å²) < 4.78 is 25.8. The summed E-state index contributed by atoms with van der Waals surface area (Å²) in [7, 11) is 0. The van der Waals surface area contributed by atoms with Crippen molar-refractivity contribution in [3.05, 3.63) is 0 Å². The molecule has 2 rings (SSSR count). The highest BCUT2D eigenvalue weighted by Gasteiger charge is 2.37. The van der Waals surface area contributed by atoms with Crippen LogP contribution >= 0.6 is 0 Å². The molecule has 0 aromatic heterocycles. The Morgan fingerprint density at radius 1 is 1.25 bits per heavy atom. The van der Waals surface area contributed by atoms with Gasteiger partial charge in [-0.3, -0.25) is 4.90 Å². The van der Waals surface area contributed by atoms with Gasteiger partial charge in [0.1, 0.15) is 6.61 Å². The van der Waals surface area contributed by atoms with Gasteiger partial charge in [0, 0.05) is 18.6 Å². The standard InChI is InChI=1S/C11H20F2N2O/c12-11(13,8-16)7-14-9-4-6-15-5-2-1-3-10(9)15/h9-10,14,16H,1-8H2. The third-order valence-electron chi connectivity index (χ3n) is 3.71. The molecule has 3 nitrogen and oxygen atoms in total. The van der Waals surface area contributed by atoms with Gasteiger partial charge in [-0.2, -0.15) is 0 Å². The van der Waals surface area contributed by atoms with E-state index in [9.17, 15) is 8.78 Å². The number of halogens is 2. The van der Waals surface area contributed by atoms with Gasteiger partial charge >= 0.3 is 0 Å². The van der Waals surface area contributed by atoms with E-state index < -0.39 is 19.1 Å². The number of nitrogens with zero attached hydrogens (tertiary/aromatic N) is 1. The van der Waals surface area contributed by atoms with Crippen LogP contribution in [0.3, 0.4) is 0 Å². The van der Waals surface area contributed by atoms with Gasteiger partial charge in [-0.05, 0) is 25.8 Å². The summed E-state index contributed by atoms with van der Waals surface area (Å²) in [5, 5.41) is 11.4. The van der Waals surface area contributed by atoms with Crippen LogP contribution in [0.4, 0.5) is 8.78 Å². The van der Waals surface area contributed by atoms with E-state index in [0.29, 0.717) is 6.04 Å². The quantitative estimate of drug-likeness (QED) is 0.756. The molecule has 0 bridgehead atoms. The van der Waals surface area contributed by atoms with Crippen LogP contribution < -0.4 is 5.32 Å². The molecule has 0 aliphatic carbocycles. The monoisotopic (exact) mass is 234 g/mol. The number of hydrogen-bond acceptors (Lipinski definition) is 3. The Hall–Kier alpha value is -0.260. The topological polar surface area (TPSA) is 35.5 Å². The fourth-order valence-electron chi connectivity index (χ4n) is 2.82. The first-order valence-electron chi connectivity index (χ1n) is 6.08. The van der Waals surface area contributed by atoms with E-state index in [0.717, 1.165) is 25.9 Å². The lowest BCUT2D eigenvalue weighted by Crippen LogP contribution is -2.48. The molecule has 0 spiro atoms. The van der Waals surface area contributed by atoms with Crippen LogP contribution in [0.15, 0.2) is 0 Å². The highest BCUT2D eigenvalue weighted by Crippen LogP contribution is 2.27. The SMILES string of the molecule is OCC(F)(F)CNC1CCN2CCCCC12. The van der Waals surface area contributed by atoms with Crippen LogP contribution in [-0.2, 0) is 0 Å². The van der Waals surface area contributed by atoms with Gasteiger partial charge in [-0.15, -0.1) is 0 Å². The van der Waals surface area contributed by atoms with Crippen molar-refractivity contribution in [2.75, 3.05) is 26.2 Å². The van der Waals surface area contributed by atoms with Gasteiger partial charge < -0.3 is 10.4 Å². The van der Waals surface area contributed by atoms with Crippen molar-refractivity contribution in [3.63, 3.8) is 0 Å². The van der Waals surface area contributed by atoms with Crippen LogP contribution in [0.5, 0.6) is 0 Å². The highest BCUT2D eigenvalue weighted by molar-refractivity contribution is 4.94. The second-order valence-electron chi connectivity index (χ2n) is 4.89. The Morgan fingerprint density at radius 3 is 2.81 bits per heavy atom. The van der Waals surface area contributed by atoms with Gasteiger partial charge in [0.15, 0.2) is 0 Å². The molecule has 0 aromatic rings. The summed E-state index contributed by atoms with van der Waals surface area (Å²) in [6.45, 7) is 0.659. The maximum Gasteiger partial charge on any atom is 0.282 e. The van der Waals surface area contributed by atoms with Crippen molar-refractivity contribution >= 4 is 0 Å². The zero-order valence-electron chi connectivity index (χ0n) is 9.46. The number of piperidine rings is 1. The molecule has 2 saturated heterocycles. The van der Waals surface area contributed by atoms with Gasteiger partial charge in [-0.25, -0.2) is 8.78 Å². The van der Waals surface area contributed by atoms with Gasteiger partial charge in [0.05, 0.1) is 6.54 Å². The normalized spacial score (nSPS) is 31.7. The van der Waals surface area contributed by atoms with Crippen molar-refractivity contribution in [3.8, 4) is 0 Å². The molecule has 0 amide bonds. The molecule has 2 aliphatic rings. The predicted octanol–water partition coefficient (Wildman–Crippen LogP) is 0.830. The molecule has 0 aromatic carbocycles. The van der Waals surface area contributed by atoms with Crippen LogP contribution in [0.1, 0.15) is 25.7 Å². The fourth-order valence-corrected chi connectivity index (χ4v) is 2.82. The second-order valence-corrected chi connectivity index (χ2v) is 4.89. The van der Waals surface area contributed by atoms with Crippen LogP contribution in [0, 0.1) is 0 Å². The number of alkyl halides is 2. The number of fused-ring (bicyclic) bond motifs is 1. The molecule has 16 heavy (non-hydrogen) atoms. The molecule has 94 valence electrons. The molecule has 0 radical (unpaired) electrons. The molecule has 0 saturated carbocycles. The average Bonchev–Trinajstić information content (AvgIpc) is 2.70. The lowest BCUT2D eigenvalue weighted by molar-refractivity contribution is -0.0501. The smallest absolute Gasteiger partial charge is 0.282 e. The van der Waals surface area contributed by atoms with Gasteiger partial charge in [0.2, 0.25) is 0 Å². The Balaban J connectivity index is 1.82. The number of aliphatic hydroxyl groups excluding tert-OH is 1. The summed E-state index contributed by atoms with van der Waals surface area (Å²) >= 11 is 0. The molecule has 2 N–H and O–H groups in total. The third-order valence-corrected chi connectivity index (χ3v) is 3.71. The first-order valence-corrected chi connectivity index (χ1v) is 6.08. The van der Waals surface area contributed by atoms with E-state index >= 15 is 0 Å². The van der Waals surface area contributed by atoms with E-state index in [1.54, 1.807) is 0 Å². The first-order chi connectivity index (χ1) is 7.62. The van der Waals surface area contributed by atoms with Crippen molar-refractivity contribution in [2.45, 2.75) is 43.7 Å². The Labute approximate surface area is 94.8 Å². The summed E-state index contributed by atoms with van der Waals surface area (Å²) in [5.41, 5.74) is 0. The number of rotatable bonds is 4. The average molecular weight is 234 g/mol. The number of aliphatic hydroxyl groups is 1. The fraction of sp³-hybridized carbons (Fsp3) is 1.00. The van der Waals surface area contributed by atoms with Crippen molar-refractivity contribution in [1.29, 1.82) is 0 Å². The Bertz CT molecular complexity index is 238. The highest BCUT2D eigenvalue weighted by atomic mass is 19.3. The minimum absolute atomic E-state index is 0.178. The van der Waals surface area contributed by atoms with E-state index in [-0.39, 0.29) is 6.04 Å². The molecule has 2 unspecified atom stereocenters. The minimum Gasteiger partial charge on any atom is -0.390 e. The minimum atomic E-state index is -2.98. The molecular weight excluding hydrogens is 214 g/mol. The van der Waals surface area contributed by atoms with Crippen molar-refractivity contribution < 1.29 is 13.9 Å². The lowest BCUT2D eigenvalue weighted by Gasteiger charge is -2.33. The van der Waals surface area contributed by atoms with Crippen LogP contribution in [0.25, 0.3) is 0 Å². The lowest BCUT2D eigenvalue weighted by atomic mass is 9.99. The van der Waals surface area contributed by atoms with E-state index in [2.05, 4.69) is 10.2 Å². The third kappa shape index (κ3) is 2.70. The largest absolute Gasteiger partial charge is 0.390 e. The molecule has 2 atom stereocenters. The molecule has 2 heterocycles.